The number of nitrogens with one attached hydrogen (secondary N) is 1. The summed E-state index contributed by atoms with van der Waals surface area (Å²) in [5, 5.41) is 5.10. The molecule has 0 spiro atoms. The average Bonchev–Trinajstić information content (AvgIpc) is 3.14. The maximum absolute atomic E-state index is 12.4. The number of aryl methyl sites for hydroxylation is 2. The minimum atomic E-state index is -0.156. The normalized spacial score (nSPS) is 11.8. The molecule has 0 aliphatic heterocycles. The van der Waals surface area contributed by atoms with E-state index in [9.17, 15) is 4.79 Å². The van der Waals surface area contributed by atoms with Gasteiger partial charge < -0.3 is 10.1 Å². The molecule has 1 aromatic heterocycles. The largest absolute Gasteiger partial charge is 0.484 e. The second kappa shape index (κ2) is 7.99. The van der Waals surface area contributed by atoms with Crippen molar-refractivity contribution < 1.29 is 9.53 Å². The van der Waals surface area contributed by atoms with E-state index in [1.54, 1.807) is 11.3 Å². The number of amides is 1. The fraction of sp³-hybridized carbons (Fsp3) is 0.190. The van der Waals surface area contributed by atoms with Gasteiger partial charge in [0.25, 0.3) is 5.91 Å². The fourth-order valence-electron chi connectivity index (χ4n) is 2.73. The fourth-order valence-corrected chi connectivity index (χ4v) is 3.53. The van der Waals surface area contributed by atoms with Gasteiger partial charge in [-0.05, 0) is 42.5 Å². The first-order chi connectivity index (χ1) is 12.1. The predicted octanol–water partition coefficient (Wildman–Crippen LogP) is 4.65. The van der Waals surface area contributed by atoms with Crippen molar-refractivity contribution in [3.05, 3.63) is 87.6 Å². The van der Waals surface area contributed by atoms with E-state index in [2.05, 4.69) is 5.32 Å². The molecule has 0 aliphatic rings. The predicted molar refractivity (Wildman–Crippen MR) is 102 cm³/mol. The third kappa shape index (κ3) is 4.48. The highest BCUT2D eigenvalue weighted by Gasteiger charge is 2.18. The molecule has 0 aliphatic carbocycles. The molecule has 25 heavy (non-hydrogen) atoms. The molecule has 2 aromatic carbocycles. The Balaban J connectivity index is 1.68. The van der Waals surface area contributed by atoms with Crippen LogP contribution in [0.5, 0.6) is 5.75 Å². The van der Waals surface area contributed by atoms with Gasteiger partial charge in [-0.2, -0.15) is 0 Å². The van der Waals surface area contributed by atoms with Crippen LogP contribution in [0.15, 0.2) is 66.0 Å². The Labute approximate surface area is 152 Å². The SMILES string of the molecule is Cc1ccc(OCC(=O)NC(c2ccccc2)c2cccs2)c(C)c1. The first-order valence-corrected chi connectivity index (χ1v) is 9.09. The lowest BCUT2D eigenvalue weighted by atomic mass is 10.1. The number of ether oxygens (including phenoxy) is 1. The molecule has 1 unspecified atom stereocenters. The Bertz CT molecular complexity index is 828. The number of carbonyl (C=O) groups excluding carboxylic acids is 1. The number of carbonyl (C=O) groups is 1. The smallest absolute Gasteiger partial charge is 0.258 e. The summed E-state index contributed by atoms with van der Waals surface area (Å²) in [7, 11) is 0. The summed E-state index contributed by atoms with van der Waals surface area (Å²) in [6, 6.07) is 19.8. The van der Waals surface area contributed by atoms with E-state index < -0.39 is 0 Å². The van der Waals surface area contributed by atoms with Crippen molar-refractivity contribution in [3.63, 3.8) is 0 Å². The van der Waals surface area contributed by atoms with Gasteiger partial charge in [-0.1, -0.05) is 54.1 Å². The van der Waals surface area contributed by atoms with E-state index in [4.69, 9.17) is 4.74 Å². The lowest BCUT2D eigenvalue weighted by Gasteiger charge is -2.18. The summed E-state index contributed by atoms with van der Waals surface area (Å²) in [6.07, 6.45) is 0. The summed E-state index contributed by atoms with van der Waals surface area (Å²) in [5.41, 5.74) is 3.27. The minimum absolute atomic E-state index is 0.00138. The molecule has 128 valence electrons. The summed E-state index contributed by atoms with van der Waals surface area (Å²) in [5.74, 6) is 0.607. The molecular weight excluding hydrogens is 330 g/mol. The molecule has 1 atom stereocenters. The highest BCUT2D eigenvalue weighted by molar-refractivity contribution is 7.10. The van der Waals surface area contributed by atoms with Crippen molar-refractivity contribution in [2.75, 3.05) is 6.61 Å². The van der Waals surface area contributed by atoms with Gasteiger partial charge in [-0.15, -0.1) is 11.3 Å². The molecule has 1 amide bonds. The highest BCUT2D eigenvalue weighted by Crippen LogP contribution is 2.26. The van der Waals surface area contributed by atoms with Crippen LogP contribution in [-0.2, 0) is 4.79 Å². The summed E-state index contributed by atoms with van der Waals surface area (Å²) in [4.78, 5) is 13.5. The van der Waals surface area contributed by atoms with Crippen LogP contribution < -0.4 is 10.1 Å². The first kappa shape index (κ1) is 17.2. The van der Waals surface area contributed by atoms with Crippen LogP contribution in [-0.4, -0.2) is 12.5 Å². The van der Waals surface area contributed by atoms with E-state index >= 15 is 0 Å². The third-order valence-corrected chi connectivity index (χ3v) is 4.89. The van der Waals surface area contributed by atoms with Gasteiger partial charge in [0.15, 0.2) is 6.61 Å². The number of rotatable bonds is 6. The molecule has 0 bridgehead atoms. The number of benzene rings is 2. The second-order valence-corrected chi connectivity index (χ2v) is 6.96. The lowest BCUT2D eigenvalue weighted by Crippen LogP contribution is -2.33. The average molecular weight is 351 g/mol. The Morgan fingerprint density at radius 2 is 1.88 bits per heavy atom. The van der Waals surface area contributed by atoms with Crippen molar-refractivity contribution in [1.82, 2.24) is 5.32 Å². The van der Waals surface area contributed by atoms with Gasteiger partial charge in [-0.25, -0.2) is 0 Å². The zero-order valence-corrected chi connectivity index (χ0v) is 15.2. The van der Waals surface area contributed by atoms with Crippen LogP contribution in [0.3, 0.4) is 0 Å². The van der Waals surface area contributed by atoms with E-state index in [1.807, 2.05) is 79.9 Å². The Hall–Kier alpha value is -2.59. The number of hydrogen-bond donors (Lipinski definition) is 1. The minimum Gasteiger partial charge on any atom is -0.484 e. The molecule has 0 fully saturated rings. The highest BCUT2D eigenvalue weighted by atomic mass is 32.1. The first-order valence-electron chi connectivity index (χ1n) is 8.21. The standard InChI is InChI=1S/C21H21NO2S/c1-15-10-11-18(16(2)13-15)24-14-20(23)22-21(19-9-6-12-25-19)17-7-4-3-5-8-17/h3-13,21H,14H2,1-2H3,(H,22,23). The molecule has 4 heteroatoms. The summed E-state index contributed by atoms with van der Waals surface area (Å²) in [6.45, 7) is 4.02. The van der Waals surface area contributed by atoms with Crippen molar-refractivity contribution in [2.45, 2.75) is 19.9 Å². The number of hydrogen-bond acceptors (Lipinski definition) is 3. The maximum atomic E-state index is 12.4. The molecule has 0 saturated carbocycles. The van der Waals surface area contributed by atoms with E-state index in [1.165, 1.54) is 5.56 Å². The molecule has 3 aromatic rings. The van der Waals surface area contributed by atoms with E-state index in [0.717, 1.165) is 21.8 Å². The van der Waals surface area contributed by atoms with Crippen LogP contribution in [0, 0.1) is 13.8 Å². The van der Waals surface area contributed by atoms with Gasteiger partial charge in [0.05, 0.1) is 6.04 Å². The van der Waals surface area contributed by atoms with Gasteiger partial charge in [0.2, 0.25) is 0 Å². The quantitative estimate of drug-likeness (QED) is 0.702. The molecule has 1 heterocycles. The number of thiophene rings is 1. The van der Waals surface area contributed by atoms with Gasteiger partial charge >= 0.3 is 0 Å². The maximum Gasteiger partial charge on any atom is 0.258 e. The van der Waals surface area contributed by atoms with Crippen LogP contribution in [0.4, 0.5) is 0 Å². The van der Waals surface area contributed by atoms with Crippen molar-refractivity contribution in [3.8, 4) is 5.75 Å². The topological polar surface area (TPSA) is 38.3 Å². The Morgan fingerprint density at radius 3 is 2.56 bits per heavy atom. The van der Waals surface area contributed by atoms with Crippen molar-refractivity contribution in [2.24, 2.45) is 0 Å². The van der Waals surface area contributed by atoms with Gasteiger partial charge in [-0.3, -0.25) is 4.79 Å². The van der Waals surface area contributed by atoms with Gasteiger partial charge in [0.1, 0.15) is 5.75 Å². The van der Waals surface area contributed by atoms with Crippen molar-refractivity contribution >= 4 is 17.2 Å². The van der Waals surface area contributed by atoms with Gasteiger partial charge in [0, 0.05) is 4.88 Å². The molecule has 0 saturated heterocycles. The zero-order chi connectivity index (χ0) is 17.6. The van der Waals surface area contributed by atoms with Crippen LogP contribution in [0.1, 0.15) is 27.6 Å². The zero-order valence-electron chi connectivity index (χ0n) is 14.4. The molecule has 1 N–H and O–H groups in total. The van der Waals surface area contributed by atoms with E-state index in [-0.39, 0.29) is 18.6 Å². The van der Waals surface area contributed by atoms with Crippen molar-refractivity contribution in [1.29, 1.82) is 0 Å². The lowest BCUT2D eigenvalue weighted by molar-refractivity contribution is -0.123. The molecule has 0 radical (unpaired) electrons. The Kier molecular flexibility index (Phi) is 5.51. The summed E-state index contributed by atoms with van der Waals surface area (Å²) < 4.78 is 5.70. The molecule has 3 nitrogen and oxygen atoms in total. The molecular formula is C21H21NO2S. The van der Waals surface area contributed by atoms with E-state index in [0.29, 0.717) is 0 Å². The Morgan fingerprint density at radius 1 is 1.08 bits per heavy atom. The third-order valence-electron chi connectivity index (χ3n) is 3.96. The monoisotopic (exact) mass is 351 g/mol. The summed E-state index contributed by atoms with van der Waals surface area (Å²) >= 11 is 1.63. The van der Waals surface area contributed by atoms with Crippen LogP contribution >= 0.6 is 11.3 Å². The molecule has 3 rings (SSSR count). The van der Waals surface area contributed by atoms with Crippen LogP contribution in [0.25, 0.3) is 0 Å². The second-order valence-electron chi connectivity index (χ2n) is 5.98. The van der Waals surface area contributed by atoms with Crippen LogP contribution in [0.2, 0.25) is 0 Å².